The molecule has 1 heterocycles. The fourth-order valence-corrected chi connectivity index (χ4v) is 3.25. The van der Waals surface area contributed by atoms with Crippen molar-refractivity contribution >= 4 is 11.3 Å². The van der Waals surface area contributed by atoms with Crippen LogP contribution >= 0.6 is 11.3 Å². The van der Waals surface area contributed by atoms with Crippen LogP contribution < -0.4 is 5.32 Å². The Labute approximate surface area is 133 Å². The van der Waals surface area contributed by atoms with Gasteiger partial charge in [-0.25, -0.2) is 0 Å². The van der Waals surface area contributed by atoms with Gasteiger partial charge in [-0.2, -0.15) is 11.3 Å². The van der Waals surface area contributed by atoms with Gasteiger partial charge in [-0.05, 0) is 66.1 Å². The maximum absolute atomic E-state index is 3.63. The highest BCUT2D eigenvalue weighted by atomic mass is 32.1. The van der Waals surface area contributed by atoms with E-state index in [4.69, 9.17) is 0 Å². The van der Waals surface area contributed by atoms with Crippen molar-refractivity contribution in [1.82, 2.24) is 5.32 Å². The Morgan fingerprint density at radius 1 is 1.05 bits per heavy atom. The molecule has 0 aliphatic rings. The van der Waals surface area contributed by atoms with Crippen molar-refractivity contribution in [3.05, 3.63) is 57.8 Å². The van der Waals surface area contributed by atoms with Gasteiger partial charge in [-0.1, -0.05) is 43.7 Å². The van der Waals surface area contributed by atoms with E-state index in [1.165, 1.54) is 29.5 Å². The minimum Gasteiger partial charge on any atom is -0.316 e. The number of aryl methyl sites for hydroxylation is 2. The zero-order valence-corrected chi connectivity index (χ0v) is 14.2. The molecule has 0 spiro atoms. The Hall–Kier alpha value is -1.12. The summed E-state index contributed by atoms with van der Waals surface area (Å²) >= 11 is 1.80. The standard InChI is InChI=1S/C19H27NS/c1-15(2)12-20-13-19(9-6-17-10-11-21-14-17)18-7-4-16(3)5-8-18/h4-5,7-8,10-11,14-15,19-20H,6,9,12-13H2,1-3H3. The molecule has 1 nitrogen and oxygen atoms in total. The third-order valence-corrected chi connectivity index (χ3v) is 4.59. The van der Waals surface area contributed by atoms with Crippen molar-refractivity contribution in [1.29, 1.82) is 0 Å². The molecule has 0 saturated heterocycles. The summed E-state index contributed by atoms with van der Waals surface area (Å²) in [5, 5.41) is 8.08. The Bertz CT molecular complexity index is 499. The van der Waals surface area contributed by atoms with Crippen molar-refractivity contribution in [2.75, 3.05) is 13.1 Å². The first-order chi connectivity index (χ1) is 10.1. The van der Waals surface area contributed by atoms with Crippen LogP contribution in [0.15, 0.2) is 41.1 Å². The Balaban J connectivity index is 1.97. The molecule has 0 bridgehead atoms. The number of benzene rings is 1. The molecule has 1 N–H and O–H groups in total. The maximum Gasteiger partial charge on any atom is 0.00203 e. The second-order valence-electron chi connectivity index (χ2n) is 6.33. The van der Waals surface area contributed by atoms with Crippen LogP contribution in [0, 0.1) is 12.8 Å². The summed E-state index contributed by atoms with van der Waals surface area (Å²) in [6, 6.07) is 11.3. The summed E-state index contributed by atoms with van der Waals surface area (Å²) in [4.78, 5) is 0. The molecule has 2 heteroatoms. The smallest absolute Gasteiger partial charge is 0.00203 e. The van der Waals surface area contributed by atoms with Crippen LogP contribution in [-0.2, 0) is 6.42 Å². The summed E-state index contributed by atoms with van der Waals surface area (Å²) in [5.41, 5.74) is 4.28. The van der Waals surface area contributed by atoms with Crippen molar-refractivity contribution in [3.63, 3.8) is 0 Å². The van der Waals surface area contributed by atoms with Gasteiger partial charge in [-0.15, -0.1) is 0 Å². The number of hydrogen-bond acceptors (Lipinski definition) is 2. The molecule has 1 aromatic carbocycles. The second kappa shape index (κ2) is 8.35. The summed E-state index contributed by atoms with van der Waals surface area (Å²) < 4.78 is 0. The monoisotopic (exact) mass is 301 g/mol. The highest BCUT2D eigenvalue weighted by Crippen LogP contribution is 2.22. The normalized spacial score (nSPS) is 12.8. The lowest BCUT2D eigenvalue weighted by molar-refractivity contribution is 0.500. The van der Waals surface area contributed by atoms with Gasteiger partial charge in [0.1, 0.15) is 0 Å². The quantitative estimate of drug-likeness (QED) is 0.722. The van der Waals surface area contributed by atoms with Crippen LogP contribution in [-0.4, -0.2) is 13.1 Å². The molecule has 0 saturated carbocycles. The number of hydrogen-bond donors (Lipinski definition) is 1. The van der Waals surface area contributed by atoms with Crippen LogP contribution in [0.5, 0.6) is 0 Å². The van der Waals surface area contributed by atoms with Crippen molar-refractivity contribution in [2.24, 2.45) is 5.92 Å². The lowest BCUT2D eigenvalue weighted by Gasteiger charge is -2.19. The zero-order chi connectivity index (χ0) is 15.1. The summed E-state index contributed by atoms with van der Waals surface area (Å²) in [5.74, 6) is 1.31. The first kappa shape index (κ1) is 16.3. The molecule has 2 aromatic rings. The third kappa shape index (κ3) is 5.64. The van der Waals surface area contributed by atoms with E-state index in [1.54, 1.807) is 11.3 Å². The van der Waals surface area contributed by atoms with Crippen LogP contribution in [0.4, 0.5) is 0 Å². The Morgan fingerprint density at radius 2 is 1.81 bits per heavy atom. The molecule has 0 aliphatic carbocycles. The van der Waals surface area contributed by atoms with Gasteiger partial charge in [0.05, 0.1) is 0 Å². The fourth-order valence-electron chi connectivity index (χ4n) is 2.55. The van der Waals surface area contributed by atoms with Gasteiger partial charge in [0.15, 0.2) is 0 Å². The third-order valence-electron chi connectivity index (χ3n) is 3.85. The summed E-state index contributed by atoms with van der Waals surface area (Å²) in [6.45, 7) is 8.85. The summed E-state index contributed by atoms with van der Waals surface area (Å²) in [6.07, 6.45) is 2.39. The average Bonchev–Trinajstić information content (AvgIpc) is 2.96. The molecule has 21 heavy (non-hydrogen) atoms. The predicted octanol–water partition coefficient (Wildman–Crippen LogP) is 5.02. The Morgan fingerprint density at radius 3 is 2.43 bits per heavy atom. The first-order valence-corrected chi connectivity index (χ1v) is 8.88. The zero-order valence-electron chi connectivity index (χ0n) is 13.4. The van der Waals surface area contributed by atoms with E-state index < -0.39 is 0 Å². The van der Waals surface area contributed by atoms with Crippen LogP contribution in [0.1, 0.15) is 42.9 Å². The molecule has 0 amide bonds. The van der Waals surface area contributed by atoms with E-state index in [1.807, 2.05) is 0 Å². The van der Waals surface area contributed by atoms with Crippen molar-refractivity contribution in [2.45, 2.75) is 39.5 Å². The van der Waals surface area contributed by atoms with E-state index in [0.717, 1.165) is 13.1 Å². The van der Waals surface area contributed by atoms with Crippen LogP contribution in [0.25, 0.3) is 0 Å². The van der Waals surface area contributed by atoms with Crippen LogP contribution in [0.2, 0.25) is 0 Å². The second-order valence-corrected chi connectivity index (χ2v) is 7.11. The molecular weight excluding hydrogens is 274 g/mol. The number of nitrogens with one attached hydrogen (secondary N) is 1. The van der Waals surface area contributed by atoms with Crippen molar-refractivity contribution in [3.8, 4) is 0 Å². The molecule has 1 atom stereocenters. The minimum atomic E-state index is 0.601. The average molecular weight is 301 g/mol. The number of rotatable bonds is 8. The highest BCUT2D eigenvalue weighted by Gasteiger charge is 2.12. The molecule has 114 valence electrons. The van der Waals surface area contributed by atoms with Gasteiger partial charge in [0, 0.05) is 6.54 Å². The highest BCUT2D eigenvalue weighted by molar-refractivity contribution is 7.07. The molecule has 0 radical (unpaired) electrons. The predicted molar refractivity (Wildman–Crippen MR) is 94.3 cm³/mol. The van der Waals surface area contributed by atoms with E-state index in [9.17, 15) is 0 Å². The maximum atomic E-state index is 3.63. The van der Waals surface area contributed by atoms with Gasteiger partial charge in [0.2, 0.25) is 0 Å². The van der Waals surface area contributed by atoms with Gasteiger partial charge < -0.3 is 5.32 Å². The molecule has 1 aromatic heterocycles. The molecular formula is C19H27NS. The lowest BCUT2D eigenvalue weighted by Crippen LogP contribution is -2.25. The molecule has 1 unspecified atom stereocenters. The SMILES string of the molecule is Cc1ccc(C(CCc2ccsc2)CNCC(C)C)cc1. The Kier molecular flexibility index (Phi) is 6.47. The lowest BCUT2D eigenvalue weighted by atomic mass is 9.92. The largest absolute Gasteiger partial charge is 0.316 e. The van der Waals surface area contributed by atoms with E-state index >= 15 is 0 Å². The minimum absolute atomic E-state index is 0.601. The number of thiophene rings is 1. The van der Waals surface area contributed by atoms with Gasteiger partial charge in [0.25, 0.3) is 0 Å². The van der Waals surface area contributed by atoms with E-state index in [-0.39, 0.29) is 0 Å². The van der Waals surface area contributed by atoms with Gasteiger partial charge >= 0.3 is 0 Å². The fraction of sp³-hybridized carbons (Fsp3) is 0.474. The van der Waals surface area contributed by atoms with E-state index in [2.05, 4.69) is 67.2 Å². The van der Waals surface area contributed by atoms with Gasteiger partial charge in [-0.3, -0.25) is 0 Å². The molecule has 2 rings (SSSR count). The van der Waals surface area contributed by atoms with E-state index in [0.29, 0.717) is 11.8 Å². The topological polar surface area (TPSA) is 12.0 Å². The summed E-state index contributed by atoms with van der Waals surface area (Å²) in [7, 11) is 0. The van der Waals surface area contributed by atoms with Crippen LogP contribution in [0.3, 0.4) is 0 Å². The van der Waals surface area contributed by atoms with Crippen molar-refractivity contribution < 1.29 is 0 Å². The first-order valence-electron chi connectivity index (χ1n) is 7.93. The molecule has 0 aliphatic heterocycles. The molecule has 0 fully saturated rings.